The van der Waals surface area contributed by atoms with Gasteiger partial charge in [0, 0.05) is 18.1 Å². The Labute approximate surface area is 136 Å². The van der Waals surface area contributed by atoms with Gasteiger partial charge in [0.1, 0.15) is 19.0 Å². The summed E-state index contributed by atoms with van der Waals surface area (Å²) in [5.41, 5.74) is 0.694. The summed E-state index contributed by atoms with van der Waals surface area (Å²) in [6, 6.07) is 3.33. The molecule has 0 N–H and O–H groups in total. The molecule has 0 aliphatic carbocycles. The van der Waals surface area contributed by atoms with Gasteiger partial charge in [0.2, 0.25) is 0 Å². The van der Waals surface area contributed by atoms with E-state index in [2.05, 4.69) is 4.98 Å². The highest BCUT2D eigenvalue weighted by Crippen LogP contribution is 2.37. The summed E-state index contributed by atoms with van der Waals surface area (Å²) in [5, 5.41) is 0.400. The molecule has 2 heterocycles. The predicted molar refractivity (Wildman–Crippen MR) is 83.1 cm³/mol. The van der Waals surface area contributed by atoms with Crippen molar-refractivity contribution in [2.24, 2.45) is 0 Å². The highest BCUT2D eigenvalue weighted by Gasteiger charge is 2.21. The number of aromatic nitrogens is 1. The lowest BCUT2D eigenvalue weighted by atomic mass is 10.1. The van der Waals surface area contributed by atoms with E-state index in [1.165, 1.54) is 6.39 Å². The number of halogens is 1. The van der Waals surface area contributed by atoms with E-state index in [-0.39, 0.29) is 11.7 Å². The van der Waals surface area contributed by atoms with Crippen molar-refractivity contribution in [3.05, 3.63) is 35.0 Å². The smallest absolute Gasteiger partial charge is 0.181 e. The van der Waals surface area contributed by atoms with Crippen LogP contribution >= 0.6 is 11.6 Å². The summed E-state index contributed by atoms with van der Waals surface area (Å²) >= 11 is 6.23. The van der Waals surface area contributed by atoms with E-state index in [0.29, 0.717) is 40.3 Å². The summed E-state index contributed by atoms with van der Waals surface area (Å²) in [5.74, 6) is 2.35. The Morgan fingerprint density at radius 3 is 2.64 bits per heavy atom. The number of benzene rings is 1. The van der Waals surface area contributed by atoms with Gasteiger partial charge in [0.15, 0.2) is 17.9 Å². The summed E-state index contributed by atoms with van der Waals surface area (Å²) in [6.45, 7) is 4.97. The van der Waals surface area contributed by atoms with Crippen molar-refractivity contribution in [3.63, 3.8) is 0 Å². The summed E-state index contributed by atoms with van der Waals surface area (Å²) in [7, 11) is -1.34. The van der Waals surface area contributed by atoms with Crippen molar-refractivity contribution in [2.45, 2.75) is 30.4 Å². The predicted octanol–water partition coefficient (Wildman–Crippen LogP) is 3.53. The first-order chi connectivity index (χ1) is 10.6. The van der Waals surface area contributed by atoms with Crippen molar-refractivity contribution in [2.75, 3.05) is 13.2 Å². The molecule has 1 aliphatic heterocycles. The summed E-state index contributed by atoms with van der Waals surface area (Å²) in [4.78, 5) is 4.68. The van der Waals surface area contributed by atoms with Crippen LogP contribution in [0.25, 0.3) is 0 Å². The molecule has 3 rings (SSSR count). The van der Waals surface area contributed by atoms with Gasteiger partial charge >= 0.3 is 0 Å². The second-order valence-corrected chi connectivity index (χ2v) is 7.06. The van der Waals surface area contributed by atoms with E-state index in [4.69, 9.17) is 25.5 Å². The van der Waals surface area contributed by atoms with Crippen molar-refractivity contribution in [1.82, 2.24) is 4.98 Å². The van der Waals surface area contributed by atoms with Crippen LogP contribution in [0, 0.1) is 0 Å². The first-order valence-electron chi connectivity index (χ1n) is 6.96. The maximum absolute atomic E-state index is 12.6. The van der Waals surface area contributed by atoms with Gasteiger partial charge in [-0.1, -0.05) is 25.4 Å². The van der Waals surface area contributed by atoms with Crippen LogP contribution in [0.3, 0.4) is 0 Å². The average molecular weight is 342 g/mol. The molecule has 22 heavy (non-hydrogen) atoms. The van der Waals surface area contributed by atoms with Gasteiger partial charge in [-0.05, 0) is 0 Å². The van der Waals surface area contributed by atoms with Crippen molar-refractivity contribution >= 4 is 22.4 Å². The Hall–Kier alpha value is -1.53. The van der Waals surface area contributed by atoms with E-state index in [1.54, 1.807) is 12.1 Å². The van der Waals surface area contributed by atoms with Crippen molar-refractivity contribution < 1.29 is 18.1 Å². The van der Waals surface area contributed by atoms with E-state index in [1.807, 2.05) is 13.8 Å². The Bertz CT molecular complexity index is 714. The second-order valence-electron chi connectivity index (χ2n) is 5.23. The number of rotatable bonds is 4. The zero-order valence-electron chi connectivity index (χ0n) is 12.3. The van der Waals surface area contributed by atoms with Crippen LogP contribution in [0.5, 0.6) is 11.5 Å². The van der Waals surface area contributed by atoms with Crippen LogP contribution in [0.4, 0.5) is 0 Å². The molecule has 1 aliphatic rings. The largest absolute Gasteiger partial charge is 0.486 e. The molecule has 1 aromatic carbocycles. The van der Waals surface area contributed by atoms with Crippen LogP contribution in [0.2, 0.25) is 5.02 Å². The lowest BCUT2D eigenvalue weighted by molar-refractivity contribution is 0.171. The Balaban J connectivity index is 1.87. The van der Waals surface area contributed by atoms with E-state index in [9.17, 15) is 4.21 Å². The Kier molecular flexibility index (Phi) is 4.40. The third-order valence-corrected chi connectivity index (χ3v) is 5.10. The fourth-order valence-corrected chi connectivity index (χ4v) is 3.83. The highest BCUT2D eigenvalue weighted by molar-refractivity contribution is 7.84. The topological polar surface area (TPSA) is 61.6 Å². The number of nitrogens with zero attached hydrogens (tertiary/aromatic N) is 1. The lowest BCUT2D eigenvalue weighted by Crippen LogP contribution is -2.15. The molecule has 0 bridgehead atoms. The molecular formula is C15H16ClNO4S. The van der Waals surface area contributed by atoms with E-state index in [0.717, 1.165) is 5.76 Å². The molecule has 0 amide bonds. The molecule has 118 valence electrons. The molecule has 0 saturated heterocycles. The molecule has 1 unspecified atom stereocenters. The second kappa shape index (κ2) is 6.30. The summed E-state index contributed by atoms with van der Waals surface area (Å²) in [6.07, 6.45) is 1.38. The van der Waals surface area contributed by atoms with Crippen LogP contribution < -0.4 is 9.47 Å². The van der Waals surface area contributed by atoms with E-state index >= 15 is 0 Å². The molecular weight excluding hydrogens is 326 g/mol. The first kappa shape index (κ1) is 15.4. The van der Waals surface area contributed by atoms with Gasteiger partial charge < -0.3 is 13.9 Å². The van der Waals surface area contributed by atoms with Gasteiger partial charge in [-0.15, -0.1) is 0 Å². The Morgan fingerprint density at radius 2 is 1.95 bits per heavy atom. The van der Waals surface area contributed by atoms with Crippen LogP contribution in [0.15, 0.2) is 27.8 Å². The molecule has 0 fully saturated rings. The number of fused-ring (bicyclic) bond motifs is 1. The number of ether oxygens (including phenoxy) is 2. The zero-order valence-corrected chi connectivity index (χ0v) is 13.9. The van der Waals surface area contributed by atoms with E-state index < -0.39 is 10.8 Å². The standard InChI is InChI=1S/C15H16ClNO4S/c1-9(2)15-11(17-8-21-15)7-22(18)14-6-13-12(5-10(14)16)19-3-4-20-13/h5-6,8-9H,3-4,7H2,1-2H3. The van der Waals surface area contributed by atoms with Crippen LogP contribution in [-0.2, 0) is 16.6 Å². The third kappa shape index (κ3) is 2.98. The fourth-order valence-electron chi connectivity index (χ4n) is 2.28. The SMILES string of the molecule is CC(C)c1ocnc1CS(=O)c1cc2c(cc1Cl)OCCO2. The van der Waals surface area contributed by atoms with Gasteiger partial charge in [0.05, 0.1) is 32.2 Å². The highest BCUT2D eigenvalue weighted by atomic mass is 35.5. The number of hydrogen-bond acceptors (Lipinski definition) is 5. The Morgan fingerprint density at radius 1 is 1.27 bits per heavy atom. The minimum absolute atomic E-state index is 0.185. The van der Waals surface area contributed by atoms with Crippen LogP contribution in [0.1, 0.15) is 31.2 Å². The van der Waals surface area contributed by atoms with Crippen molar-refractivity contribution in [3.8, 4) is 11.5 Å². The van der Waals surface area contributed by atoms with Gasteiger partial charge in [-0.2, -0.15) is 0 Å². The molecule has 1 atom stereocenters. The average Bonchev–Trinajstić information content (AvgIpc) is 2.94. The minimum atomic E-state index is -1.34. The molecule has 1 aromatic heterocycles. The monoisotopic (exact) mass is 341 g/mol. The van der Waals surface area contributed by atoms with Crippen molar-refractivity contribution in [1.29, 1.82) is 0 Å². The zero-order chi connectivity index (χ0) is 15.7. The molecule has 7 heteroatoms. The minimum Gasteiger partial charge on any atom is -0.486 e. The maximum Gasteiger partial charge on any atom is 0.181 e. The quantitative estimate of drug-likeness (QED) is 0.851. The first-order valence-corrected chi connectivity index (χ1v) is 8.65. The third-order valence-electron chi connectivity index (χ3n) is 3.31. The summed E-state index contributed by atoms with van der Waals surface area (Å²) < 4.78 is 29.0. The normalized spacial score (nSPS) is 15.1. The molecule has 0 spiro atoms. The van der Waals surface area contributed by atoms with Crippen LogP contribution in [-0.4, -0.2) is 22.4 Å². The van der Waals surface area contributed by atoms with Gasteiger partial charge in [-0.3, -0.25) is 4.21 Å². The van der Waals surface area contributed by atoms with Gasteiger partial charge in [0.25, 0.3) is 0 Å². The molecule has 5 nitrogen and oxygen atoms in total. The lowest BCUT2D eigenvalue weighted by Gasteiger charge is -2.19. The van der Waals surface area contributed by atoms with Gasteiger partial charge in [-0.25, -0.2) is 4.98 Å². The molecule has 0 radical (unpaired) electrons. The maximum atomic E-state index is 12.6. The molecule has 2 aromatic rings. The molecule has 0 saturated carbocycles. The number of hydrogen-bond donors (Lipinski definition) is 0. The fraction of sp³-hybridized carbons (Fsp3) is 0.400. The number of oxazole rings is 1.